The molecule has 0 saturated carbocycles. The fraction of sp³-hybridized carbons (Fsp3) is 0.385. The molecule has 0 saturated heterocycles. The van der Waals surface area contributed by atoms with Gasteiger partial charge in [-0.3, -0.25) is 9.59 Å². The van der Waals surface area contributed by atoms with E-state index in [0.29, 0.717) is 18.4 Å². The number of rotatable bonds is 3. The molecular weight excluding hydrogens is 218 g/mol. The van der Waals surface area contributed by atoms with E-state index in [2.05, 4.69) is 0 Å². The Kier molecular flexibility index (Phi) is 3.24. The smallest absolute Gasteiger partial charge is 0.227 e. The quantitative estimate of drug-likeness (QED) is 0.797. The number of benzene rings is 1. The van der Waals surface area contributed by atoms with Crippen molar-refractivity contribution in [3.63, 3.8) is 0 Å². The summed E-state index contributed by atoms with van der Waals surface area (Å²) >= 11 is 0. The van der Waals surface area contributed by atoms with Crippen LogP contribution in [0.15, 0.2) is 18.2 Å². The number of anilines is 1. The van der Waals surface area contributed by atoms with E-state index in [9.17, 15) is 9.59 Å². The van der Waals surface area contributed by atoms with Crippen molar-refractivity contribution in [1.82, 2.24) is 0 Å². The maximum absolute atomic E-state index is 11.6. The average molecular weight is 233 g/mol. The van der Waals surface area contributed by atoms with Gasteiger partial charge in [-0.15, -0.1) is 0 Å². The van der Waals surface area contributed by atoms with Gasteiger partial charge in [-0.2, -0.15) is 0 Å². The third-order valence-corrected chi connectivity index (χ3v) is 3.08. The van der Waals surface area contributed by atoms with Gasteiger partial charge in [-0.25, -0.2) is 0 Å². The summed E-state index contributed by atoms with van der Waals surface area (Å²) in [6.45, 7) is -0.131. The number of fused-ring (bicyclic) bond motifs is 1. The minimum atomic E-state index is -0.131. The number of hydrogen-bond acceptors (Lipinski definition) is 3. The van der Waals surface area contributed by atoms with Gasteiger partial charge >= 0.3 is 0 Å². The number of carbonyl (C=O) groups is 2. The maximum atomic E-state index is 11.6. The molecule has 0 bridgehead atoms. The Morgan fingerprint density at radius 1 is 1.41 bits per heavy atom. The highest BCUT2D eigenvalue weighted by Crippen LogP contribution is 2.27. The van der Waals surface area contributed by atoms with Crippen molar-refractivity contribution in [2.45, 2.75) is 19.3 Å². The summed E-state index contributed by atoms with van der Waals surface area (Å²) in [4.78, 5) is 24.8. The van der Waals surface area contributed by atoms with Crippen molar-refractivity contribution >= 4 is 17.4 Å². The van der Waals surface area contributed by atoms with Crippen LogP contribution in [0.4, 0.5) is 5.69 Å². The van der Waals surface area contributed by atoms with E-state index in [1.54, 1.807) is 24.1 Å². The first-order chi connectivity index (χ1) is 8.13. The van der Waals surface area contributed by atoms with Crippen LogP contribution in [0.3, 0.4) is 0 Å². The van der Waals surface area contributed by atoms with Gasteiger partial charge in [0.2, 0.25) is 5.91 Å². The summed E-state index contributed by atoms with van der Waals surface area (Å²) in [6, 6.07) is 5.35. The van der Waals surface area contributed by atoms with Crippen molar-refractivity contribution in [2.24, 2.45) is 0 Å². The zero-order valence-corrected chi connectivity index (χ0v) is 9.77. The number of nitrogens with zero attached hydrogens (tertiary/aromatic N) is 1. The van der Waals surface area contributed by atoms with Crippen LogP contribution in [0.25, 0.3) is 0 Å². The molecule has 0 radical (unpaired) electrons. The van der Waals surface area contributed by atoms with Crippen LogP contribution in [-0.4, -0.2) is 30.5 Å². The first-order valence-corrected chi connectivity index (χ1v) is 5.67. The Morgan fingerprint density at radius 3 is 2.88 bits per heavy atom. The molecule has 90 valence electrons. The first kappa shape index (κ1) is 11.8. The zero-order chi connectivity index (χ0) is 12.4. The van der Waals surface area contributed by atoms with E-state index >= 15 is 0 Å². The van der Waals surface area contributed by atoms with Crippen molar-refractivity contribution in [3.8, 4) is 0 Å². The third-order valence-electron chi connectivity index (χ3n) is 3.08. The molecule has 4 nitrogen and oxygen atoms in total. The highest BCUT2D eigenvalue weighted by molar-refractivity contribution is 5.99. The second-order valence-electron chi connectivity index (χ2n) is 4.19. The topological polar surface area (TPSA) is 57.6 Å². The van der Waals surface area contributed by atoms with Crippen LogP contribution >= 0.6 is 0 Å². The lowest BCUT2D eigenvalue weighted by Gasteiger charge is -2.25. The van der Waals surface area contributed by atoms with E-state index in [-0.39, 0.29) is 24.7 Å². The maximum Gasteiger partial charge on any atom is 0.227 e. The van der Waals surface area contributed by atoms with Crippen LogP contribution in [0.5, 0.6) is 0 Å². The van der Waals surface area contributed by atoms with Crippen LogP contribution in [-0.2, 0) is 11.2 Å². The molecule has 0 unspecified atom stereocenters. The molecule has 0 fully saturated rings. The van der Waals surface area contributed by atoms with Gasteiger partial charge < -0.3 is 10.0 Å². The largest absolute Gasteiger partial charge is 0.396 e. The molecular formula is C13H15NO3. The molecule has 1 aliphatic rings. The highest BCUT2D eigenvalue weighted by Gasteiger charge is 2.21. The number of aliphatic hydroxyl groups is 1. The number of amides is 1. The van der Waals surface area contributed by atoms with E-state index in [4.69, 9.17) is 5.11 Å². The Bertz CT molecular complexity index is 468. The predicted octanol–water partition coefficient (Wildman–Crippen LogP) is 1.16. The normalized spacial score (nSPS) is 14.7. The minimum absolute atomic E-state index is 0.0603. The Labute approximate surface area is 99.9 Å². The van der Waals surface area contributed by atoms with E-state index in [1.807, 2.05) is 6.07 Å². The molecule has 4 heteroatoms. The van der Waals surface area contributed by atoms with Gasteiger partial charge in [0.25, 0.3) is 0 Å². The van der Waals surface area contributed by atoms with E-state index < -0.39 is 0 Å². The Hall–Kier alpha value is -1.68. The fourth-order valence-corrected chi connectivity index (χ4v) is 2.08. The number of aryl methyl sites for hydroxylation is 1. The number of carbonyl (C=O) groups excluding carboxylic acids is 2. The second-order valence-corrected chi connectivity index (χ2v) is 4.19. The van der Waals surface area contributed by atoms with Gasteiger partial charge in [-0.05, 0) is 30.2 Å². The van der Waals surface area contributed by atoms with Crippen molar-refractivity contribution < 1.29 is 14.7 Å². The molecule has 1 aromatic carbocycles. The molecule has 2 rings (SSSR count). The molecule has 1 heterocycles. The second kappa shape index (κ2) is 4.67. The third kappa shape index (κ3) is 2.22. The van der Waals surface area contributed by atoms with Crippen LogP contribution in [0.1, 0.15) is 28.8 Å². The van der Waals surface area contributed by atoms with E-state index in [1.165, 1.54) is 0 Å². The average Bonchev–Trinajstić information content (AvgIpc) is 2.34. The molecule has 17 heavy (non-hydrogen) atoms. The van der Waals surface area contributed by atoms with Crippen molar-refractivity contribution in [1.29, 1.82) is 0 Å². The number of ketones is 1. The molecule has 1 N–H and O–H groups in total. The van der Waals surface area contributed by atoms with E-state index in [0.717, 1.165) is 11.3 Å². The summed E-state index contributed by atoms with van der Waals surface area (Å²) < 4.78 is 0. The van der Waals surface area contributed by atoms with Gasteiger partial charge in [0.05, 0.1) is 6.61 Å². The number of hydrogen-bond donors (Lipinski definition) is 1. The summed E-state index contributed by atoms with van der Waals surface area (Å²) in [6.07, 6.45) is 1.31. The summed E-state index contributed by atoms with van der Waals surface area (Å²) in [7, 11) is 1.75. The Morgan fingerprint density at radius 2 is 2.18 bits per heavy atom. The summed E-state index contributed by atoms with van der Waals surface area (Å²) in [5.74, 6) is 0.0433. The highest BCUT2D eigenvalue weighted by atomic mass is 16.3. The standard InChI is InChI=1S/C13H15NO3/c1-14-11-4-2-10(12(16)6-7-15)8-9(11)3-5-13(14)17/h2,4,8,15H,3,5-7H2,1H3. The molecule has 0 atom stereocenters. The lowest BCUT2D eigenvalue weighted by atomic mass is 9.97. The SMILES string of the molecule is CN1C(=O)CCc2cc(C(=O)CCO)ccc21. The lowest BCUT2D eigenvalue weighted by molar-refractivity contribution is -0.118. The zero-order valence-electron chi connectivity index (χ0n) is 9.77. The lowest BCUT2D eigenvalue weighted by Crippen LogP contribution is -2.31. The molecule has 0 aromatic heterocycles. The van der Waals surface area contributed by atoms with Crippen molar-refractivity contribution in [3.05, 3.63) is 29.3 Å². The van der Waals surface area contributed by atoms with Gasteiger partial charge in [0.1, 0.15) is 0 Å². The molecule has 0 spiro atoms. The van der Waals surface area contributed by atoms with Gasteiger partial charge in [0.15, 0.2) is 5.78 Å². The summed E-state index contributed by atoms with van der Waals surface area (Å²) in [5.41, 5.74) is 2.51. The predicted molar refractivity (Wildman–Crippen MR) is 64.2 cm³/mol. The number of aliphatic hydroxyl groups excluding tert-OH is 1. The molecule has 1 aromatic rings. The monoisotopic (exact) mass is 233 g/mol. The molecule has 1 amide bonds. The van der Waals surface area contributed by atoms with Gasteiger partial charge in [-0.1, -0.05) is 0 Å². The van der Waals surface area contributed by atoms with Gasteiger partial charge in [0, 0.05) is 31.1 Å². The Balaban J connectivity index is 2.32. The molecule has 1 aliphatic heterocycles. The fourth-order valence-electron chi connectivity index (χ4n) is 2.08. The van der Waals surface area contributed by atoms with Crippen molar-refractivity contribution in [2.75, 3.05) is 18.6 Å². The molecule has 0 aliphatic carbocycles. The van der Waals surface area contributed by atoms with Crippen LogP contribution in [0.2, 0.25) is 0 Å². The number of Topliss-reactive ketones (excluding diaryl/α,β-unsaturated/α-hetero) is 1. The van der Waals surface area contributed by atoms with Crippen LogP contribution in [0, 0.1) is 0 Å². The minimum Gasteiger partial charge on any atom is -0.396 e. The van der Waals surface area contributed by atoms with Crippen LogP contribution < -0.4 is 4.90 Å². The first-order valence-electron chi connectivity index (χ1n) is 5.67. The summed E-state index contributed by atoms with van der Waals surface area (Å²) in [5, 5.41) is 8.74.